The topological polar surface area (TPSA) is 66.4 Å². The van der Waals surface area contributed by atoms with Crippen LogP contribution in [0.15, 0.2) is 12.2 Å². The van der Waals surface area contributed by atoms with Gasteiger partial charge in [-0.15, -0.1) is 0 Å². The van der Waals surface area contributed by atoms with Crippen molar-refractivity contribution in [2.24, 2.45) is 5.92 Å². The zero-order valence-electron chi connectivity index (χ0n) is 16.2. The summed E-state index contributed by atoms with van der Waals surface area (Å²) in [6.45, 7) is 12.1. The van der Waals surface area contributed by atoms with Gasteiger partial charge in [-0.25, -0.2) is 0 Å². The Hall–Kier alpha value is -0.500. The van der Waals surface area contributed by atoms with E-state index in [4.69, 9.17) is 23.7 Å². The smallest absolute Gasteiger partial charge is 0.191 e. The van der Waals surface area contributed by atoms with Crippen LogP contribution in [0, 0.1) is 5.92 Å². The molecule has 0 saturated carbocycles. The number of rotatable bonds is 5. The standard InChI is InChI=1S/C19H32O6/c1-12(2)9-7-8-10-19(20)14(13-11-21-17(3,4)23-13)22-16-15(19)24-18(5,6)25-16/h8,10,12-16,20H,7,9,11H2,1-6H3/b10-8+/t13-,14-,15+,16-,19-/m1/s1. The fourth-order valence-electron chi connectivity index (χ4n) is 3.70. The molecule has 0 aromatic heterocycles. The highest BCUT2D eigenvalue weighted by molar-refractivity contribution is 5.18. The maximum absolute atomic E-state index is 11.5. The van der Waals surface area contributed by atoms with Gasteiger partial charge in [0.1, 0.15) is 23.9 Å². The van der Waals surface area contributed by atoms with Crippen LogP contribution in [0.5, 0.6) is 0 Å². The van der Waals surface area contributed by atoms with Crippen molar-refractivity contribution >= 4 is 0 Å². The minimum absolute atomic E-state index is 0.364. The van der Waals surface area contributed by atoms with Crippen LogP contribution in [-0.4, -0.2) is 53.5 Å². The van der Waals surface area contributed by atoms with E-state index >= 15 is 0 Å². The Balaban J connectivity index is 1.79. The zero-order valence-corrected chi connectivity index (χ0v) is 16.2. The molecule has 0 radical (unpaired) electrons. The summed E-state index contributed by atoms with van der Waals surface area (Å²) in [5.41, 5.74) is -1.32. The predicted octanol–water partition coefficient (Wildman–Crippen LogP) is 2.74. The Morgan fingerprint density at radius 1 is 1.04 bits per heavy atom. The Labute approximate surface area is 150 Å². The average molecular weight is 356 g/mol. The molecule has 3 rings (SSSR count). The minimum Gasteiger partial charge on any atom is -0.380 e. The van der Waals surface area contributed by atoms with Crippen molar-refractivity contribution in [3.63, 3.8) is 0 Å². The van der Waals surface area contributed by atoms with E-state index in [0.29, 0.717) is 12.5 Å². The first kappa shape index (κ1) is 19.3. The molecule has 0 aromatic carbocycles. The van der Waals surface area contributed by atoms with Gasteiger partial charge in [-0.2, -0.15) is 0 Å². The van der Waals surface area contributed by atoms with E-state index in [0.717, 1.165) is 12.8 Å². The van der Waals surface area contributed by atoms with Gasteiger partial charge in [0.05, 0.1) is 6.61 Å². The molecule has 0 aliphatic carbocycles. The number of aliphatic hydroxyl groups is 1. The molecule has 0 aromatic rings. The highest BCUT2D eigenvalue weighted by Gasteiger charge is 2.65. The molecule has 25 heavy (non-hydrogen) atoms. The van der Waals surface area contributed by atoms with Crippen molar-refractivity contribution in [2.45, 2.75) is 96.2 Å². The molecule has 5 atom stereocenters. The third kappa shape index (κ3) is 3.94. The molecule has 0 amide bonds. The SMILES string of the molecule is CC(C)CC/C=C/[C@@]1(O)[C@@H]([C@H]2COC(C)(C)O2)O[C@@H]2OC(C)(C)O[C@@H]21. The Bertz CT molecular complexity index is 514. The summed E-state index contributed by atoms with van der Waals surface area (Å²) in [5.74, 6) is -0.860. The number of allylic oxidation sites excluding steroid dienone is 1. The van der Waals surface area contributed by atoms with E-state index < -0.39 is 35.7 Å². The van der Waals surface area contributed by atoms with Gasteiger partial charge in [0.15, 0.2) is 17.9 Å². The van der Waals surface area contributed by atoms with Crippen LogP contribution in [0.3, 0.4) is 0 Å². The predicted molar refractivity (Wildman–Crippen MR) is 91.8 cm³/mol. The fourth-order valence-corrected chi connectivity index (χ4v) is 3.70. The van der Waals surface area contributed by atoms with E-state index in [1.54, 1.807) is 0 Å². The van der Waals surface area contributed by atoms with Crippen LogP contribution in [-0.2, 0) is 23.7 Å². The normalized spacial score (nSPS) is 42.6. The number of fused-ring (bicyclic) bond motifs is 1. The number of hydrogen-bond acceptors (Lipinski definition) is 6. The van der Waals surface area contributed by atoms with Crippen LogP contribution in [0.4, 0.5) is 0 Å². The largest absolute Gasteiger partial charge is 0.380 e. The van der Waals surface area contributed by atoms with Gasteiger partial charge >= 0.3 is 0 Å². The Morgan fingerprint density at radius 3 is 2.36 bits per heavy atom. The Morgan fingerprint density at radius 2 is 1.76 bits per heavy atom. The lowest BCUT2D eigenvalue weighted by Crippen LogP contribution is -2.52. The molecule has 3 heterocycles. The molecule has 6 heteroatoms. The first-order chi connectivity index (χ1) is 11.5. The van der Waals surface area contributed by atoms with Crippen molar-refractivity contribution < 1.29 is 28.8 Å². The molecule has 0 bridgehead atoms. The number of hydrogen-bond donors (Lipinski definition) is 1. The van der Waals surface area contributed by atoms with E-state index in [-0.39, 0.29) is 6.10 Å². The van der Waals surface area contributed by atoms with E-state index in [2.05, 4.69) is 13.8 Å². The van der Waals surface area contributed by atoms with Gasteiger partial charge in [0, 0.05) is 0 Å². The lowest BCUT2D eigenvalue weighted by Gasteiger charge is -2.33. The lowest BCUT2D eigenvalue weighted by molar-refractivity contribution is -0.241. The maximum atomic E-state index is 11.5. The summed E-state index contributed by atoms with van der Waals surface area (Å²) >= 11 is 0. The first-order valence-corrected chi connectivity index (χ1v) is 9.25. The summed E-state index contributed by atoms with van der Waals surface area (Å²) in [4.78, 5) is 0. The maximum Gasteiger partial charge on any atom is 0.191 e. The van der Waals surface area contributed by atoms with Crippen LogP contribution < -0.4 is 0 Å². The molecule has 0 spiro atoms. The second-order valence-corrected chi connectivity index (χ2v) is 8.61. The molecule has 1 N–H and O–H groups in total. The van der Waals surface area contributed by atoms with Gasteiger partial charge in [-0.05, 0) is 46.5 Å². The summed E-state index contributed by atoms with van der Waals surface area (Å²) < 4.78 is 29.4. The molecule has 0 unspecified atom stereocenters. The highest BCUT2D eigenvalue weighted by Crippen LogP contribution is 2.46. The number of ether oxygens (including phenoxy) is 5. The van der Waals surface area contributed by atoms with E-state index in [9.17, 15) is 5.11 Å². The van der Waals surface area contributed by atoms with Gasteiger partial charge in [0.2, 0.25) is 0 Å². The van der Waals surface area contributed by atoms with Crippen molar-refractivity contribution in [1.82, 2.24) is 0 Å². The average Bonchev–Trinajstić information content (AvgIpc) is 3.06. The van der Waals surface area contributed by atoms with Crippen molar-refractivity contribution in [3.8, 4) is 0 Å². The molecule has 3 aliphatic heterocycles. The molecule has 144 valence electrons. The second kappa shape index (κ2) is 6.59. The van der Waals surface area contributed by atoms with Crippen molar-refractivity contribution in [3.05, 3.63) is 12.2 Å². The van der Waals surface area contributed by atoms with E-state index in [1.165, 1.54) is 0 Å². The summed E-state index contributed by atoms with van der Waals surface area (Å²) in [6.07, 6.45) is 3.58. The van der Waals surface area contributed by atoms with Crippen molar-refractivity contribution in [1.29, 1.82) is 0 Å². The summed E-state index contributed by atoms with van der Waals surface area (Å²) in [5, 5.41) is 11.5. The molecule has 3 fully saturated rings. The Kier molecular flexibility index (Phi) is 5.08. The third-order valence-electron chi connectivity index (χ3n) is 4.91. The quantitative estimate of drug-likeness (QED) is 0.764. The third-order valence-corrected chi connectivity index (χ3v) is 4.91. The van der Waals surface area contributed by atoms with Gasteiger partial charge in [-0.1, -0.05) is 26.0 Å². The van der Waals surface area contributed by atoms with Crippen molar-refractivity contribution in [2.75, 3.05) is 6.61 Å². The van der Waals surface area contributed by atoms with Crippen LogP contribution in [0.2, 0.25) is 0 Å². The summed E-state index contributed by atoms with van der Waals surface area (Å²) in [7, 11) is 0. The van der Waals surface area contributed by atoms with Crippen LogP contribution in [0.25, 0.3) is 0 Å². The zero-order chi connectivity index (χ0) is 18.5. The molecule has 3 saturated heterocycles. The van der Waals surface area contributed by atoms with Crippen LogP contribution >= 0.6 is 0 Å². The van der Waals surface area contributed by atoms with Gasteiger partial charge in [-0.3, -0.25) is 0 Å². The fraction of sp³-hybridized carbons (Fsp3) is 0.895. The monoisotopic (exact) mass is 356 g/mol. The molecule has 3 aliphatic rings. The van der Waals surface area contributed by atoms with Gasteiger partial charge in [0.25, 0.3) is 0 Å². The molecular weight excluding hydrogens is 324 g/mol. The van der Waals surface area contributed by atoms with Crippen LogP contribution in [0.1, 0.15) is 54.4 Å². The lowest BCUT2D eigenvalue weighted by atomic mass is 9.88. The van der Waals surface area contributed by atoms with E-state index in [1.807, 2.05) is 39.8 Å². The minimum atomic E-state index is -1.32. The highest BCUT2D eigenvalue weighted by atomic mass is 16.8. The second-order valence-electron chi connectivity index (χ2n) is 8.61. The first-order valence-electron chi connectivity index (χ1n) is 9.25. The molecular formula is C19H32O6. The summed E-state index contributed by atoms with van der Waals surface area (Å²) in [6, 6.07) is 0. The van der Waals surface area contributed by atoms with Gasteiger partial charge < -0.3 is 28.8 Å². The molecule has 6 nitrogen and oxygen atoms in total.